The number of hydrogen-bond acceptors (Lipinski definition) is 5. The molecule has 0 N–H and O–H groups in total. The van der Waals surface area contributed by atoms with E-state index in [1.807, 2.05) is 6.92 Å². The van der Waals surface area contributed by atoms with Crippen LogP contribution in [0.2, 0.25) is 0 Å². The predicted octanol–water partition coefficient (Wildman–Crippen LogP) is 2.70. The van der Waals surface area contributed by atoms with Crippen molar-refractivity contribution in [3.05, 3.63) is 47.7 Å². The molecule has 0 aliphatic carbocycles. The van der Waals surface area contributed by atoms with Crippen molar-refractivity contribution in [3.8, 4) is 11.8 Å². The second-order valence-electron chi connectivity index (χ2n) is 4.43. The van der Waals surface area contributed by atoms with Gasteiger partial charge in [0.2, 0.25) is 0 Å². The molecule has 0 aliphatic heterocycles. The number of benzene rings is 1. The molecule has 0 fully saturated rings. The summed E-state index contributed by atoms with van der Waals surface area (Å²) in [6.07, 6.45) is 2.85. The second kappa shape index (κ2) is 10.1. The number of ether oxygens (including phenoxy) is 3. The van der Waals surface area contributed by atoms with Crippen LogP contribution < -0.4 is 0 Å². The van der Waals surface area contributed by atoms with Gasteiger partial charge in [0.15, 0.2) is 6.10 Å². The van der Waals surface area contributed by atoms with Crippen molar-refractivity contribution in [2.24, 2.45) is 0 Å². The lowest BCUT2D eigenvalue weighted by Crippen LogP contribution is -2.06. The monoisotopic (exact) mass is 316 g/mol. The number of carbonyl (C=O) groups is 2. The van der Waals surface area contributed by atoms with Crippen LogP contribution in [0.25, 0.3) is 0 Å². The lowest BCUT2D eigenvalue weighted by atomic mass is 10.1. The van der Waals surface area contributed by atoms with Gasteiger partial charge in [0.05, 0.1) is 31.6 Å². The van der Waals surface area contributed by atoms with Gasteiger partial charge in [0, 0.05) is 5.56 Å². The number of rotatable bonds is 6. The van der Waals surface area contributed by atoms with Gasteiger partial charge in [0.25, 0.3) is 0 Å². The Bertz CT molecular complexity index is 605. The molecule has 5 nitrogen and oxygen atoms in total. The van der Waals surface area contributed by atoms with Gasteiger partial charge < -0.3 is 14.2 Å². The van der Waals surface area contributed by atoms with Crippen LogP contribution in [-0.4, -0.2) is 31.8 Å². The third kappa shape index (κ3) is 6.70. The zero-order chi connectivity index (χ0) is 17.1. The molecule has 122 valence electrons. The lowest BCUT2D eigenvalue weighted by Gasteiger charge is -2.06. The molecule has 1 atom stereocenters. The standard InChI is InChI=1S/C18H20O5/c1-4-16(23-13-12-17(19)22-5-2)11-8-14-6-9-15(10-7-14)18(20)21-3/h6-7,9-10,12-13,16H,4-5H2,1-3H3/b13-12+. The van der Waals surface area contributed by atoms with Crippen LogP contribution in [0.4, 0.5) is 0 Å². The van der Waals surface area contributed by atoms with Gasteiger partial charge in [-0.15, -0.1) is 0 Å². The van der Waals surface area contributed by atoms with Crippen LogP contribution in [0.1, 0.15) is 36.2 Å². The highest BCUT2D eigenvalue weighted by Crippen LogP contribution is 2.05. The molecular weight excluding hydrogens is 296 g/mol. The highest BCUT2D eigenvalue weighted by Gasteiger charge is 2.04. The number of methoxy groups -OCH3 is 1. The van der Waals surface area contributed by atoms with E-state index in [4.69, 9.17) is 9.47 Å². The molecular formula is C18H20O5. The summed E-state index contributed by atoms with van der Waals surface area (Å²) in [6.45, 7) is 3.98. The molecule has 0 saturated heterocycles. The van der Waals surface area contributed by atoms with E-state index in [1.54, 1.807) is 31.2 Å². The molecule has 5 heteroatoms. The predicted molar refractivity (Wildman–Crippen MR) is 85.6 cm³/mol. The van der Waals surface area contributed by atoms with Gasteiger partial charge in [-0.05, 0) is 37.6 Å². The van der Waals surface area contributed by atoms with Crippen LogP contribution in [0, 0.1) is 11.8 Å². The summed E-state index contributed by atoms with van der Waals surface area (Å²) in [5.74, 6) is 5.09. The average Bonchev–Trinajstić information content (AvgIpc) is 2.58. The maximum atomic E-state index is 11.3. The van der Waals surface area contributed by atoms with Gasteiger partial charge in [0.1, 0.15) is 0 Å². The van der Waals surface area contributed by atoms with Crippen molar-refractivity contribution in [2.45, 2.75) is 26.4 Å². The lowest BCUT2D eigenvalue weighted by molar-refractivity contribution is -0.137. The highest BCUT2D eigenvalue weighted by molar-refractivity contribution is 5.89. The Morgan fingerprint density at radius 1 is 1.22 bits per heavy atom. The summed E-state index contributed by atoms with van der Waals surface area (Å²) in [6, 6.07) is 6.78. The Balaban J connectivity index is 2.64. The zero-order valence-electron chi connectivity index (χ0n) is 13.5. The molecule has 0 radical (unpaired) electrons. The molecule has 1 rings (SSSR count). The third-order valence-electron chi connectivity index (χ3n) is 2.79. The summed E-state index contributed by atoms with van der Waals surface area (Å²) >= 11 is 0. The summed E-state index contributed by atoms with van der Waals surface area (Å²) in [5.41, 5.74) is 1.23. The Kier molecular flexibility index (Phi) is 8.01. The molecule has 1 aromatic rings. The van der Waals surface area contributed by atoms with E-state index >= 15 is 0 Å². The first-order valence-electron chi connectivity index (χ1n) is 7.29. The normalized spacial score (nSPS) is 11.3. The van der Waals surface area contributed by atoms with Crippen LogP contribution in [0.15, 0.2) is 36.6 Å². The van der Waals surface area contributed by atoms with E-state index in [-0.39, 0.29) is 12.1 Å². The first kappa shape index (κ1) is 18.3. The zero-order valence-corrected chi connectivity index (χ0v) is 13.5. The fourth-order valence-electron chi connectivity index (χ4n) is 1.58. The van der Waals surface area contributed by atoms with E-state index < -0.39 is 5.97 Å². The maximum absolute atomic E-state index is 11.3. The van der Waals surface area contributed by atoms with Crippen molar-refractivity contribution in [1.29, 1.82) is 0 Å². The van der Waals surface area contributed by atoms with Gasteiger partial charge in [-0.2, -0.15) is 0 Å². The molecule has 0 aliphatic rings. The van der Waals surface area contributed by atoms with E-state index in [1.165, 1.54) is 19.4 Å². The van der Waals surface area contributed by atoms with Gasteiger partial charge in [-0.25, -0.2) is 9.59 Å². The van der Waals surface area contributed by atoms with Gasteiger partial charge in [-0.1, -0.05) is 18.8 Å². The molecule has 0 aromatic heterocycles. The first-order valence-corrected chi connectivity index (χ1v) is 7.29. The average molecular weight is 316 g/mol. The van der Waals surface area contributed by atoms with Crippen molar-refractivity contribution >= 4 is 11.9 Å². The summed E-state index contributed by atoms with van der Waals surface area (Å²) < 4.78 is 14.8. The topological polar surface area (TPSA) is 61.8 Å². The molecule has 0 heterocycles. The smallest absolute Gasteiger partial charge is 0.337 e. The minimum absolute atomic E-state index is 0.321. The highest BCUT2D eigenvalue weighted by atomic mass is 16.5. The molecule has 0 bridgehead atoms. The van der Waals surface area contributed by atoms with E-state index in [0.29, 0.717) is 18.6 Å². The van der Waals surface area contributed by atoms with Crippen LogP contribution >= 0.6 is 0 Å². The van der Waals surface area contributed by atoms with E-state index in [2.05, 4.69) is 16.6 Å². The molecule has 0 amide bonds. The largest absolute Gasteiger partial charge is 0.485 e. The van der Waals surface area contributed by atoms with E-state index in [9.17, 15) is 9.59 Å². The summed E-state index contributed by atoms with van der Waals surface area (Å²) in [5, 5.41) is 0. The van der Waals surface area contributed by atoms with Crippen LogP contribution in [0.5, 0.6) is 0 Å². The summed E-state index contributed by atoms with van der Waals surface area (Å²) in [7, 11) is 1.34. The quantitative estimate of drug-likeness (QED) is 0.349. The fraction of sp³-hybridized carbons (Fsp3) is 0.333. The number of hydrogen-bond donors (Lipinski definition) is 0. The Hall–Kier alpha value is -2.74. The molecule has 0 spiro atoms. The Morgan fingerprint density at radius 3 is 2.48 bits per heavy atom. The summed E-state index contributed by atoms with van der Waals surface area (Å²) in [4.78, 5) is 22.5. The molecule has 23 heavy (non-hydrogen) atoms. The molecule has 0 saturated carbocycles. The third-order valence-corrected chi connectivity index (χ3v) is 2.79. The minimum atomic E-state index is -0.450. The molecule has 1 unspecified atom stereocenters. The van der Waals surface area contributed by atoms with Gasteiger partial charge in [-0.3, -0.25) is 0 Å². The van der Waals surface area contributed by atoms with Crippen molar-refractivity contribution in [3.63, 3.8) is 0 Å². The van der Waals surface area contributed by atoms with Gasteiger partial charge >= 0.3 is 11.9 Å². The SMILES string of the molecule is CCOC(=O)/C=C/OC(C#Cc1ccc(C(=O)OC)cc1)CC. The maximum Gasteiger partial charge on any atom is 0.337 e. The molecule has 1 aromatic carbocycles. The first-order chi connectivity index (χ1) is 11.1. The Morgan fingerprint density at radius 2 is 1.91 bits per heavy atom. The Labute approximate surface area is 136 Å². The number of carbonyl (C=O) groups excluding carboxylic acids is 2. The van der Waals surface area contributed by atoms with Crippen LogP contribution in [0.3, 0.4) is 0 Å². The van der Waals surface area contributed by atoms with E-state index in [0.717, 1.165) is 5.56 Å². The number of esters is 2. The van der Waals surface area contributed by atoms with Crippen LogP contribution in [-0.2, 0) is 19.0 Å². The fourth-order valence-corrected chi connectivity index (χ4v) is 1.58. The minimum Gasteiger partial charge on any atom is -0.485 e. The van der Waals surface area contributed by atoms with Crippen molar-refractivity contribution < 1.29 is 23.8 Å². The van der Waals surface area contributed by atoms with Crippen molar-refractivity contribution in [1.82, 2.24) is 0 Å². The second-order valence-corrected chi connectivity index (χ2v) is 4.43. The van der Waals surface area contributed by atoms with Crippen molar-refractivity contribution in [2.75, 3.05) is 13.7 Å².